The van der Waals surface area contributed by atoms with Gasteiger partial charge in [0.15, 0.2) is 12.0 Å². The molecule has 0 fully saturated rings. The van der Waals surface area contributed by atoms with Gasteiger partial charge in [0.2, 0.25) is 0 Å². The lowest BCUT2D eigenvalue weighted by atomic mass is 10.1. The fraction of sp³-hybridized carbons (Fsp3) is 0.0400. The first-order chi connectivity index (χ1) is 14.3. The summed E-state index contributed by atoms with van der Waals surface area (Å²) in [5, 5.41) is 12.0. The molecule has 0 saturated carbocycles. The Morgan fingerprint density at radius 2 is 1.48 bits per heavy atom. The van der Waals surface area contributed by atoms with Gasteiger partial charge in [-0.3, -0.25) is 4.90 Å². The van der Waals surface area contributed by atoms with Crippen molar-refractivity contribution in [3.63, 3.8) is 0 Å². The third-order valence-electron chi connectivity index (χ3n) is 5.15. The van der Waals surface area contributed by atoms with Gasteiger partial charge in [-0.1, -0.05) is 84.9 Å². The predicted molar refractivity (Wildman–Crippen MR) is 117 cm³/mol. The highest BCUT2D eigenvalue weighted by Crippen LogP contribution is 2.36. The van der Waals surface area contributed by atoms with Crippen LogP contribution < -0.4 is 4.90 Å². The average Bonchev–Trinajstić information content (AvgIpc) is 3.22. The van der Waals surface area contributed by atoms with Gasteiger partial charge in [-0.25, -0.2) is 4.98 Å². The quantitative estimate of drug-likeness (QED) is 0.316. The number of anilines is 1. The number of H-pyrrole nitrogens is 1. The number of benzene rings is 3. The average molecular weight is 374 g/mol. The van der Waals surface area contributed by atoms with Crippen molar-refractivity contribution in [1.82, 2.24) is 9.97 Å². The minimum atomic E-state index is 0.477. The van der Waals surface area contributed by atoms with Crippen LogP contribution in [0.15, 0.2) is 91.1 Å². The van der Waals surface area contributed by atoms with Crippen LogP contribution >= 0.6 is 0 Å². The van der Waals surface area contributed by atoms with E-state index in [-0.39, 0.29) is 0 Å². The first-order valence-corrected chi connectivity index (χ1v) is 9.51. The van der Waals surface area contributed by atoms with Gasteiger partial charge in [0.05, 0.1) is 17.6 Å². The lowest BCUT2D eigenvalue weighted by Crippen LogP contribution is -2.17. The predicted octanol–water partition coefficient (Wildman–Crippen LogP) is 5.87. The lowest BCUT2D eigenvalue weighted by Gasteiger charge is -2.17. The van der Waals surface area contributed by atoms with Gasteiger partial charge in [0.1, 0.15) is 0 Å². The molecule has 2 aromatic heterocycles. The zero-order valence-corrected chi connectivity index (χ0v) is 15.7. The fourth-order valence-corrected chi connectivity index (χ4v) is 3.77. The molecule has 0 amide bonds. The molecule has 0 aliphatic heterocycles. The Bertz CT molecular complexity index is 1330. The Balaban J connectivity index is 1.74. The van der Waals surface area contributed by atoms with Gasteiger partial charge < -0.3 is 4.98 Å². The van der Waals surface area contributed by atoms with E-state index in [0.717, 1.165) is 38.5 Å². The highest BCUT2D eigenvalue weighted by Gasteiger charge is 2.18. The van der Waals surface area contributed by atoms with E-state index in [9.17, 15) is 5.26 Å². The van der Waals surface area contributed by atoms with Gasteiger partial charge in [-0.15, -0.1) is 0 Å². The molecule has 0 radical (unpaired) electrons. The maximum absolute atomic E-state index is 9.94. The summed E-state index contributed by atoms with van der Waals surface area (Å²) in [6.07, 6.45) is 4.33. The summed E-state index contributed by atoms with van der Waals surface area (Å²) in [5.41, 5.74) is 5.06. The maximum Gasteiger partial charge on any atom is 0.185 e. The van der Waals surface area contributed by atoms with Gasteiger partial charge in [0.25, 0.3) is 0 Å². The summed E-state index contributed by atoms with van der Waals surface area (Å²) in [6.45, 7) is 0.477. The second-order valence-electron chi connectivity index (χ2n) is 6.94. The zero-order valence-electron chi connectivity index (χ0n) is 15.7. The molecule has 3 aromatic carbocycles. The summed E-state index contributed by atoms with van der Waals surface area (Å²) in [6, 6.07) is 28.3. The van der Waals surface area contributed by atoms with Crippen molar-refractivity contribution >= 4 is 27.6 Å². The third-order valence-corrected chi connectivity index (χ3v) is 5.15. The van der Waals surface area contributed by atoms with Crippen LogP contribution in [0.1, 0.15) is 5.56 Å². The van der Waals surface area contributed by atoms with Gasteiger partial charge >= 0.3 is 0 Å². The van der Waals surface area contributed by atoms with Crippen molar-refractivity contribution in [2.24, 2.45) is 0 Å². The van der Waals surface area contributed by atoms with Crippen molar-refractivity contribution in [3.8, 4) is 17.3 Å². The SMILES string of the molecule is N#CN(Cc1ccccc1)c1nc2c(-c3ccccc3)c[nH]c2c2ccccc12. The first kappa shape index (κ1) is 17.0. The standard InChI is InChI=1S/C25H18N4/c26-17-29(16-18-9-3-1-4-10-18)25-21-14-8-7-13-20(21)23-24(28-25)22(15-27-23)19-11-5-2-6-12-19/h1-15,27H,16H2. The molecule has 29 heavy (non-hydrogen) atoms. The molecular weight excluding hydrogens is 356 g/mol. The number of nitriles is 1. The molecule has 4 nitrogen and oxygen atoms in total. The van der Waals surface area contributed by atoms with Crippen LogP contribution in [-0.4, -0.2) is 9.97 Å². The smallest absolute Gasteiger partial charge is 0.185 e. The zero-order chi connectivity index (χ0) is 19.6. The van der Waals surface area contributed by atoms with Crippen molar-refractivity contribution in [2.45, 2.75) is 6.54 Å². The highest BCUT2D eigenvalue weighted by molar-refractivity contribution is 6.12. The third kappa shape index (κ3) is 2.99. The van der Waals surface area contributed by atoms with E-state index in [1.54, 1.807) is 4.90 Å². The Labute approximate surface area is 168 Å². The van der Waals surface area contributed by atoms with E-state index in [1.807, 2.05) is 72.9 Å². The Kier molecular flexibility index (Phi) is 4.19. The Hall–Kier alpha value is -4.10. The number of nitrogens with zero attached hydrogens (tertiary/aromatic N) is 3. The molecule has 0 atom stereocenters. The molecule has 4 heteroatoms. The van der Waals surface area contributed by atoms with Crippen LogP contribution in [-0.2, 0) is 6.54 Å². The summed E-state index contributed by atoms with van der Waals surface area (Å²) in [4.78, 5) is 10.0. The summed E-state index contributed by atoms with van der Waals surface area (Å²) in [5.74, 6) is 0.677. The molecule has 138 valence electrons. The number of aromatic amines is 1. The highest BCUT2D eigenvalue weighted by atomic mass is 15.2. The molecule has 0 aliphatic carbocycles. The second-order valence-corrected chi connectivity index (χ2v) is 6.94. The summed E-state index contributed by atoms with van der Waals surface area (Å²) >= 11 is 0. The van der Waals surface area contributed by atoms with E-state index in [1.165, 1.54) is 0 Å². The van der Waals surface area contributed by atoms with Crippen LogP contribution in [0.25, 0.3) is 32.9 Å². The summed E-state index contributed by atoms with van der Waals surface area (Å²) < 4.78 is 0. The normalized spacial score (nSPS) is 10.9. The largest absolute Gasteiger partial charge is 0.359 e. The maximum atomic E-state index is 9.94. The Morgan fingerprint density at radius 1 is 0.828 bits per heavy atom. The van der Waals surface area contributed by atoms with Crippen LogP contribution in [0.4, 0.5) is 5.82 Å². The van der Waals surface area contributed by atoms with Crippen LogP contribution in [0.2, 0.25) is 0 Å². The van der Waals surface area contributed by atoms with Gasteiger partial charge in [-0.2, -0.15) is 5.26 Å². The number of hydrogen-bond donors (Lipinski definition) is 1. The topological polar surface area (TPSA) is 55.7 Å². The number of fused-ring (bicyclic) bond motifs is 3. The van der Waals surface area contributed by atoms with E-state index < -0.39 is 0 Å². The molecule has 1 N–H and O–H groups in total. The number of nitrogens with one attached hydrogen (secondary N) is 1. The van der Waals surface area contributed by atoms with E-state index >= 15 is 0 Å². The molecule has 0 aliphatic rings. The molecule has 0 bridgehead atoms. The molecule has 0 spiro atoms. The van der Waals surface area contributed by atoms with Crippen LogP contribution in [0.5, 0.6) is 0 Å². The van der Waals surface area contributed by atoms with Crippen molar-refractivity contribution < 1.29 is 0 Å². The van der Waals surface area contributed by atoms with E-state index in [4.69, 9.17) is 4.98 Å². The lowest BCUT2D eigenvalue weighted by molar-refractivity contribution is 0.962. The fourth-order valence-electron chi connectivity index (χ4n) is 3.77. The summed E-state index contributed by atoms with van der Waals surface area (Å²) in [7, 11) is 0. The van der Waals surface area contributed by atoms with Crippen LogP contribution in [0, 0.1) is 11.5 Å². The monoisotopic (exact) mass is 374 g/mol. The number of hydrogen-bond acceptors (Lipinski definition) is 3. The van der Waals surface area contributed by atoms with E-state index in [2.05, 4.69) is 29.4 Å². The first-order valence-electron chi connectivity index (χ1n) is 9.51. The molecule has 0 unspecified atom stereocenters. The molecule has 5 aromatic rings. The molecule has 2 heterocycles. The van der Waals surface area contributed by atoms with Crippen molar-refractivity contribution in [3.05, 3.63) is 96.7 Å². The molecule has 0 saturated heterocycles. The van der Waals surface area contributed by atoms with Crippen molar-refractivity contribution in [2.75, 3.05) is 4.90 Å². The minimum Gasteiger partial charge on any atom is -0.359 e. The second kappa shape index (κ2) is 7.14. The molecular formula is C25H18N4. The van der Waals surface area contributed by atoms with Crippen molar-refractivity contribution in [1.29, 1.82) is 5.26 Å². The number of pyridine rings is 1. The van der Waals surface area contributed by atoms with Gasteiger partial charge in [-0.05, 0) is 11.1 Å². The van der Waals surface area contributed by atoms with Gasteiger partial charge in [0, 0.05) is 22.5 Å². The van der Waals surface area contributed by atoms with Crippen LogP contribution in [0.3, 0.4) is 0 Å². The number of rotatable bonds is 4. The minimum absolute atomic E-state index is 0.477. The number of aromatic nitrogens is 2. The molecule has 5 rings (SSSR count). The Morgan fingerprint density at radius 3 is 2.21 bits per heavy atom. The van der Waals surface area contributed by atoms with E-state index in [0.29, 0.717) is 12.4 Å².